The van der Waals surface area contributed by atoms with Gasteiger partial charge in [0.15, 0.2) is 6.10 Å². The lowest BCUT2D eigenvalue weighted by atomic mass is 10.2. The third kappa shape index (κ3) is 3.42. The summed E-state index contributed by atoms with van der Waals surface area (Å²) in [5.41, 5.74) is 0.479. The molecule has 1 aromatic rings. The Kier molecular flexibility index (Phi) is 4.45. The highest BCUT2D eigenvalue weighted by Crippen LogP contribution is 2.34. The van der Waals surface area contributed by atoms with E-state index in [0.717, 1.165) is 6.26 Å². The van der Waals surface area contributed by atoms with Gasteiger partial charge in [-0.15, -0.1) is 0 Å². The first kappa shape index (κ1) is 16.1. The number of nitrogens with zero attached hydrogens (tertiary/aromatic N) is 2. The minimum absolute atomic E-state index is 0.113. The van der Waals surface area contributed by atoms with Crippen molar-refractivity contribution in [3.63, 3.8) is 0 Å². The topological polar surface area (TPSA) is 76.2 Å². The molecule has 7 nitrogen and oxygen atoms in total. The molecule has 0 spiro atoms. The van der Waals surface area contributed by atoms with Crippen LogP contribution in [0.2, 0.25) is 0 Å². The number of carbonyl (C=O) groups is 1. The zero-order valence-electron chi connectivity index (χ0n) is 13.0. The first-order valence-electron chi connectivity index (χ1n) is 7.57. The van der Waals surface area contributed by atoms with E-state index in [9.17, 15) is 13.2 Å². The fraction of sp³-hybridized carbons (Fsp3) is 0.533. The molecular formula is C15H20N2O5S. The van der Waals surface area contributed by atoms with Crippen molar-refractivity contribution in [1.29, 1.82) is 0 Å². The van der Waals surface area contributed by atoms with E-state index in [1.807, 2.05) is 0 Å². The monoisotopic (exact) mass is 340 g/mol. The van der Waals surface area contributed by atoms with Crippen molar-refractivity contribution in [2.75, 3.05) is 43.4 Å². The summed E-state index contributed by atoms with van der Waals surface area (Å²) in [5, 5.41) is 0. The van der Waals surface area contributed by atoms with Gasteiger partial charge >= 0.3 is 0 Å². The molecule has 2 heterocycles. The molecule has 3 rings (SSSR count). The Morgan fingerprint density at radius 1 is 1.17 bits per heavy atom. The van der Waals surface area contributed by atoms with Crippen LogP contribution in [-0.4, -0.2) is 64.4 Å². The summed E-state index contributed by atoms with van der Waals surface area (Å²) in [4.78, 5) is 14.4. The minimum atomic E-state index is -3.43. The number of hydrogen-bond donors (Lipinski definition) is 0. The molecule has 0 N–H and O–H groups in total. The number of carbonyl (C=O) groups excluding carboxylic acids is 1. The van der Waals surface area contributed by atoms with Crippen LogP contribution in [-0.2, 0) is 19.6 Å². The second kappa shape index (κ2) is 6.37. The summed E-state index contributed by atoms with van der Waals surface area (Å²) in [6.45, 7) is 2.33. The van der Waals surface area contributed by atoms with E-state index in [1.165, 1.54) is 4.31 Å². The Labute approximate surface area is 135 Å². The molecule has 1 amide bonds. The summed E-state index contributed by atoms with van der Waals surface area (Å²) in [7, 11) is -3.43. The zero-order chi connectivity index (χ0) is 16.4. The lowest BCUT2D eigenvalue weighted by Gasteiger charge is -2.30. The van der Waals surface area contributed by atoms with Crippen molar-refractivity contribution >= 4 is 21.6 Å². The highest BCUT2D eigenvalue weighted by molar-refractivity contribution is 7.92. The maximum Gasteiger partial charge on any atom is 0.263 e. The van der Waals surface area contributed by atoms with E-state index in [0.29, 0.717) is 44.2 Å². The zero-order valence-corrected chi connectivity index (χ0v) is 13.8. The van der Waals surface area contributed by atoms with Crippen molar-refractivity contribution < 1.29 is 22.7 Å². The first-order chi connectivity index (χ1) is 11.0. The Balaban J connectivity index is 1.86. The molecule has 2 aliphatic heterocycles. The van der Waals surface area contributed by atoms with Crippen molar-refractivity contribution in [3.05, 3.63) is 24.3 Å². The largest absolute Gasteiger partial charge is 0.478 e. The smallest absolute Gasteiger partial charge is 0.263 e. The van der Waals surface area contributed by atoms with Crippen molar-refractivity contribution in [3.8, 4) is 5.75 Å². The maximum atomic E-state index is 12.6. The van der Waals surface area contributed by atoms with Crippen LogP contribution in [0.4, 0.5) is 5.69 Å². The summed E-state index contributed by atoms with van der Waals surface area (Å²) >= 11 is 0. The molecule has 2 aliphatic rings. The van der Waals surface area contributed by atoms with Gasteiger partial charge in [-0.1, -0.05) is 12.1 Å². The molecule has 0 aliphatic carbocycles. The van der Waals surface area contributed by atoms with Crippen molar-refractivity contribution in [2.45, 2.75) is 12.5 Å². The number of anilines is 1. The van der Waals surface area contributed by atoms with E-state index >= 15 is 0 Å². The van der Waals surface area contributed by atoms with E-state index in [-0.39, 0.29) is 12.5 Å². The second-order valence-corrected chi connectivity index (χ2v) is 7.54. The van der Waals surface area contributed by atoms with E-state index < -0.39 is 16.1 Å². The fourth-order valence-corrected chi connectivity index (χ4v) is 3.78. The molecule has 1 atom stereocenters. The van der Waals surface area contributed by atoms with Gasteiger partial charge in [0, 0.05) is 26.1 Å². The van der Waals surface area contributed by atoms with Crippen LogP contribution < -0.4 is 9.04 Å². The molecule has 126 valence electrons. The lowest BCUT2D eigenvalue weighted by Crippen LogP contribution is -2.47. The number of sulfonamides is 1. The van der Waals surface area contributed by atoms with Crippen LogP contribution in [0, 0.1) is 0 Å². The maximum absolute atomic E-state index is 12.6. The molecule has 0 aromatic heterocycles. The molecule has 1 fully saturated rings. The molecule has 23 heavy (non-hydrogen) atoms. The van der Waals surface area contributed by atoms with E-state index in [1.54, 1.807) is 29.2 Å². The molecule has 1 saturated heterocycles. The summed E-state index contributed by atoms with van der Waals surface area (Å²) in [6.07, 6.45) is 0.798. The molecule has 0 bridgehead atoms. The van der Waals surface area contributed by atoms with E-state index in [4.69, 9.17) is 9.47 Å². The number of fused-ring (bicyclic) bond motifs is 1. The standard InChI is InChI=1S/C15H20N2O5S/c1-23(19,20)17-7-6-14(15(18)16-8-10-21-11-9-16)22-13-5-3-2-4-12(13)17/h2-5,14H,6-11H2,1H3/t14-/m1/s1. The number of benzene rings is 1. The van der Waals surface area contributed by atoms with Gasteiger partial charge < -0.3 is 14.4 Å². The lowest BCUT2D eigenvalue weighted by molar-refractivity contribution is -0.142. The highest BCUT2D eigenvalue weighted by atomic mass is 32.2. The Morgan fingerprint density at radius 3 is 2.57 bits per heavy atom. The van der Waals surface area contributed by atoms with Crippen LogP contribution >= 0.6 is 0 Å². The van der Waals surface area contributed by atoms with Crippen LogP contribution in [0.3, 0.4) is 0 Å². The average molecular weight is 340 g/mol. The highest BCUT2D eigenvalue weighted by Gasteiger charge is 2.33. The predicted molar refractivity (Wildman–Crippen MR) is 85.1 cm³/mol. The second-order valence-electron chi connectivity index (χ2n) is 5.64. The molecular weight excluding hydrogens is 320 g/mol. The van der Waals surface area contributed by atoms with E-state index in [2.05, 4.69) is 0 Å². The summed E-state index contributed by atoms with van der Waals surface area (Å²) < 4.78 is 36.5. The minimum Gasteiger partial charge on any atom is -0.478 e. The van der Waals surface area contributed by atoms with Crippen molar-refractivity contribution in [2.24, 2.45) is 0 Å². The Hall–Kier alpha value is -1.80. The van der Waals surface area contributed by atoms with Gasteiger partial charge in [0.2, 0.25) is 10.0 Å². The average Bonchev–Trinajstić information content (AvgIpc) is 2.74. The van der Waals surface area contributed by atoms with Crippen LogP contribution in [0.15, 0.2) is 24.3 Å². The van der Waals surface area contributed by atoms with Gasteiger partial charge in [0.25, 0.3) is 5.91 Å². The van der Waals surface area contributed by atoms with Gasteiger partial charge in [-0.3, -0.25) is 9.10 Å². The van der Waals surface area contributed by atoms with Crippen LogP contribution in [0.1, 0.15) is 6.42 Å². The van der Waals surface area contributed by atoms with Crippen LogP contribution in [0.5, 0.6) is 5.75 Å². The summed E-state index contributed by atoms with van der Waals surface area (Å²) in [5.74, 6) is 0.306. The normalized spacial score (nSPS) is 22.0. The number of rotatable bonds is 2. The fourth-order valence-electron chi connectivity index (χ4n) is 2.84. The number of ether oxygens (including phenoxy) is 2. The molecule has 8 heteroatoms. The summed E-state index contributed by atoms with van der Waals surface area (Å²) in [6, 6.07) is 6.90. The molecule has 1 aromatic carbocycles. The molecule has 0 unspecified atom stereocenters. The SMILES string of the molecule is CS(=O)(=O)N1CC[C@H](C(=O)N2CCOCC2)Oc2ccccc21. The molecule has 0 saturated carbocycles. The van der Waals surface area contributed by atoms with Crippen LogP contribution in [0.25, 0.3) is 0 Å². The Morgan fingerprint density at radius 2 is 1.87 bits per heavy atom. The predicted octanol–water partition coefficient (Wildman–Crippen LogP) is 0.463. The Bertz CT molecular complexity index is 685. The number of hydrogen-bond acceptors (Lipinski definition) is 5. The number of morpholine rings is 1. The van der Waals surface area contributed by atoms with Crippen molar-refractivity contribution in [1.82, 2.24) is 4.90 Å². The first-order valence-corrected chi connectivity index (χ1v) is 9.41. The number of para-hydroxylation sites is 2. The molecule has 0 radical (unpaired) electrons. The quantitative estimate of drug-likeness (QED) is 0.782. The van der Waals surface area contributed by atoms with Gasteiger partial charge in [-0.25, -0.2) is 8.42 Å². The van der Waals surface area contributed by atoms with Gasteiger partial charge in [0.05, 0.1) is 25.2 Å². The third-order valence-corrected chi connectivity index (χ3v) is 5.18. The van der Waals surface area contributed by atoms with Gasteiger partial charge in [-0.05, 0) is 12.1 Å². The third-order valence-electron chi connectivity index (χ3n) is 4.00. The van der Waals surface area contributed by atoms with Gasteiger partial charge in [-0.2, -0.15) is 0 Å². The number of amides is 1. The van der Waals surface area contributed by atoms with Gasteiger partial charge in [0.1, 0.15) is 5.75 Å².